The highest BCUT2D eigenvalue weighted by Crippen LogP contribution is 2.24. The van der Waals surface area contributed by atoms with E-state index in [1.807, 2.05) is 35.3 Å². The minimum atomic E-state index is -1.01. The maximum atomic E-state index is 11.0. The third-order valence-electron chi connectivity index (χ3n) is 4.25. The number of nitrogens with zero attached hydrogens (tertiary/aromatic N) is 1. The van der Waals surface area contributed by atoms with Gasteiger partial charge in [0.05, 0.1) is 25.0 Å². The molecule has 0 radical (unpaired) electrons. The first kappa shape index (κ1) is 19.8. The van der Waals surface area contributed by atoms with Crippen LogP contribution in [0.5, 0.6) is 0 Å². The summed E-state index contributed by atoms with van der Waals surface area (Å²) in [7, 11) is 0. The Morgan fingerprint density at radius 3 is 2.73 bits per heavy atom. The van der Waals surface area contributed by atoms with Crippen molar-refractivity contribution in [1.29, 1.82) is 0 Å². The van der Waals surface area contributed by atoms with Crippen molar-refractivity contribution in [2.24, 2.45) is 0 Å². The van der Waals surface area contributed by atoms with Crippen LogP contribution in [0.4, 0.5) is 0 Å². The molecule has 5 heteroatoms. The van der Waals surface area contributed by atoms with Gasteiger partial charge in [-0.2, -0.15) is 0 Å². The van der Waals surface area contributed by atoms with Crippen LogP contribution in [0.15, 0.2) is 66.1 Å². The lowest BCUT2D eigenvalue weighted by atomic mass is 10.1. The van der Waals surface area contributed by atoms with Gasteiger partial charge in [-0.3, -0.25) is 0 Å². The van der Waals surface area contributed by atoms with Crippen LogP contribution in [0.2, 0.25) is 0 Å². The second-order valence-electron chi connectivity index (χ2n) is 6.16. The van der Waals surface area contributed by atoms with E-state index in [1.54, 1.807) is 6.08 Å². The number of allylic oxidation sites excluding steroid dienone is 2. The first-order chi connectivity index (χ1) is 12.7. The van der Waals surface area contributed by atoms with Gasteiger partial charge in [0, 0.05) is 19.0 Å². The molecule has 1 unspecified atom stereocenters. The average Bonchev–Trinajstić information content (AvgIpc) is 2.65. The van der Waals surface area contributed by atoms with E-state index < -0.39 is 5.97 Å². The van der Waals surface area contributed by atoms with E-state index in [9.17, 15) is 9.90 Å². The monoisotopic (exact) mass is 357 g/mol. The van der Waals surface area contributed by atoms with Crippen molar-refractivity contribution in [2.45, 2.75) is 32.2 Å². The Balaban J connectivity index is 2.17. The third kappa shape index (κ3) is 5.77. The number of unbranched alkanes of at least 4 members (excludes halogenated alkanes) is 1. The van der Waals surface area contributed by atoms with Gasteiger partial charge in [0.15, 0.2) is 0 Å². The molecule has 1 atom stereocenters. The van der Waals surface area contributed by atoms with Crippen molar-refractivity contribution < 1.29 is 19.7 Å². The van der Waals surface area contributed by atoms with Gasteiger partial charge in [0.25, 0.3) is 0 Å². The van der Waals surface area contributed by atoms with Gasteiger partial charge in [-0.1, -0.05) is 49.8 Å². The fraction of sp³-hybridized carbons (Fsp3) is 0.381. The Morgan fingerprint density at radius 2 is 2.08 bits per heavy atom. The third-order valence-corrected chi connectivity index (χ3v) is 4.25. The number of benzene rings is 1. The maximum absolute atomic E-state index is 11.0. The molecule has 0 aliphatic carbocycles. The summed E-state index contributed by atoms with van der Waals surface area (Å²) < 4.78 is 5.96. The van der Waals surface area contributed by atoms with Crippen molar-refractivity contribution in [3.8, 4) is 0 Å². The first-order valence-electron chi connectivity index (χ1n) is 9.03. The molecular formula is C21H27NO4. The molecular weight excluding hydrogens is 330 g/mol. The van der Waals surface area contributed by atoms with Crippen LogP contribution in [-0.4, -0.2) is 46.9 Å². The van der Waals surface area contributed by atoms with Gasteiger partial charge in [0.1, 0.15) is 5.76 Å². The number of carbonyl (C=O) groups is 1. The summed E-state index contributed by atoms with van der Waals surface area (Å²) >= 11 is 0. The molecule has 1 aliphatic heterocycles. The smallest absolute Gasteiger partial charge is 0.328 e. The minimum absolute atomic E-state index is 0.0259. The molecule has 0 saturated carbocycles. The summed E-state index contributed by atoms with van der Waals surface area (Å²) in [5.74, 6) is -0.370. The predicted octanol–water partition coefficient (Wildman–Crippen LogP) is 3.13. The van der Waals surface area contributed by atoms with Gasteiger partial charge in [0.2, 0.25) is 0 Å². The molecule has 0 fully saturated rings. The largest absolute Gasteiger partial charge is 0.491 e. The molecule has 5 nitrogen and oxygen atoms in total. The topological polar surface area (TPSA) is 70.0 Å². The standard InChI is InChI=1S/C21H27NO4/c1-2-3-14-22-18(16-23)9-11-20(19(22)10-12-21(24)25)26-15-13-17-7-5-4-6-8-17/h4-12,18,23H,2-3,13-16H2,1H3,(H,24,25). The highest BCUT2D eigenvalue weighted by Gasteiger charge is 2.23. The van der Waals surface area contributed by atoms with Crippen molar-refractivity contribution in [2.75, 3.05) is 19.8 Å². The van der Waals surface area contributed by atoms with Crippen LogP contribution < -0.4 is 0 Å². The second kappa shape index (κ2) is 10.5. The van der Waals surface area contributed by atoms with Gasteiger partial charge in [-0.05, 0) is 24.1 Å². The quantitative estimate of drug-likeness (QED) is 0.630. The van der Waals surface area contributed by atoms with Crippen LogP contribution in [0.25, 0.3) is 0 Å². The number of rotatable bonds is 10. The van der Waals surface area contributed by atoms with Gasteiger partial charge < -0.3 is 19.8 Å². The predicted molar refractivity (Wildman–Crippen MR) is 102 cm³/mol. The SMILES string of the molecule is CCCCN1C(C=CC(=O)O)=C(OCCc2ccccc2)C=CC1CO. The van der Waals surface area contributed by atoms with E-state index in [0.717, 1.165) is 31.9 Å². The van der Waals surface area contributed by atoms with Gasteiger partial charge in [-0.15, -0.1) is 0 Å². The number of aliphatic carboxylic acids is 1. The highest BCUT2D eigenvalue weighted by molar-refractivity contribution is 5.80. The molecule has 0 bridgehead atoms. The zero-order valence-electron chi connectivity index (χ0n) is 15.2. The summed E-state index contributed by atoms with van der Waals surface area (Å²) in [5.41, 5.74) is 1.89. The minimum Gasteiger partial charge on any atom is -0.491 e. The Bertz CT molecular complexity index is 664. The lowest BCUT2D eigenvalue weighted by molar-refractivity contribution is -0.131. The summed E-state index contributed by atoms with van der Waals surface area (Å²) in [6.07, 6.45) is 9.14. The van der Waals surface area contributed by atoms with E-state index in [0.29, 0.717) is 18.1 Å². The number of aliphatic hydroxyl groups excluding tert-OH is 1. The van der Waals surface area contributed by atoms with Gasteiger partial charge in [-0.25, -0.2) is 4.79 Å². The molecule has 1 aromatic rings. The number of carboxylic acid groups (broad SMARTS) is 1. The lowest BCUT2D eigenvalue weighted by Crippen LogP contribution is -2.39. The zero-order chi connectivity index (χ0) is 18.8. The summed E-state index contributed by atoms with van der Waals surface area (Å²) in [5, 5.41) is 18.7. The fourth-order valence-corrected chi connectivity index (χ4v) is 2.86. The first-order valence-corrected chi connectivity index (χ1v) is 9.03. The van der Waals surface area contributed by atoms with Crippen LogP contribution in [0.3, 0.4) is 0 Å². The maximum Gasteiger partial charge on any atom is 0.328 e. The molecule has 0 aromatic heterocycles. The molecule has 140 valence electrons. The molecule has 2 N–H and O–H groups in total. The Morgan fingerprint density at radius 1 is 1.31 bits per heavy atom. The normalized spacial score (nSPS) is 17.2. The Labute approximate surface area is 154 Å². The average molecular weight is 357 g/mol. The molecule has 2 rings (SSSR count). The lowest BCUT2D eigenvalue weighted by Gasteiger charge is -2.35. The number of hydrogen-bond donors (Lipinski definition) is 2. The molecule has 0 saturated heterocycles. The van der Waals surface area contributed by atoms with E-state index in [1.165, 1.54) is 5.56 Å². The summed E-state index contributed by atoms with van der Waals surface area (Å²) in [6.45, 7) is 3.31. The van der Waals surface area contributed by atoms with Crippen LogP contribution in [-0.2, 0) is 16.0 Å². The van der Waals surface area contributed by atoms with Crippen molar-refractivity contribution >= 4 is 5.97 Å². The number of ether oxygens (including phenoxy) is 1. The fourth-order valence-electron chi connectivity index (χ4n) is 2.86. The molecule has 1 aromatic carbocycles. The van der Waals surface area contributed by atoms with Gasteiger partial charge >= 0.3 is 5.97 Å². The molecule has 0 amide bonds. The van der Waals surface area contributed by atoms with E-state index >= 15 is 0 Å². The van der Waals surface area contributed by atoms with Crippen LogP contribution in [0, 0.1) is 0 Å². The van der Waals surface area contributed by atoms with Crippen LogP contribution >= 0.6 is 0 Å². The van der Waals surface area contributed by atoms with E-state index in [-0.39, 0.29) is 12.6 Å². The zero-order valence-corrected chi connectivity index (χ0v) is 15.2. The molecule has 1 heterocycles. The van der Waals surface area contributed by atoms with Crippen molar-refractivity contribution in [3.63, 3.8) is 0 Å². The molecule has 0 spiro atoms. The van der Waals surface area contributed by atoms with E-state index in [4.69, 9.17) is 9.84 Å². The van der Waals surface area contributed by atoms with E-state index in [2.05, 4.69) is 19.1 Å². The van der Waals surface area contributed by atoms with Crippen molar-refractivity contribution in [3.05, 3.63) is 71.7 Å². The molecule has 26 heavy (non-hydrogen) atoms. The number of hydrogen-bond acceptors (Lipinski definition) is 4. The summed E-state index contributed by atoms with van der Waals surface area (Å²) in [6, 6.07) is 9.90. The Hall–Kier alpha value is -2.53. The Kier molecular flexibility index (Phi) is 7.96. The highest BCUT2D eigenvalue weighted by atomic mass is 16.5. The van der Waals surface area contributed by atoms with Crippen molar-refractivity contribution in [1.82, 2.24) is 4.90 Å². The van der Waals surface area contributed by atoms with Crippen LogP contribution in [0.1, 0.15) is 25.3 Å². The number of aliphatic hydroxyl groups is 1. The summed E-state index contributed by atoms with van der Waals surface area (Å²) in [4.78, 5) is 13.0. The molecule has 1 aliphatic rings. The second-order valence-corrected chi connectivity index (χ2v) is 6.16. The number of carboxylic acids is 1.